The molecule has 0 unspecified atom stereocenters. The molecule has 1 aromatic heterocycles. The number of nitrogens with zero attached hydrogens (tertiary/aromatic N) is 2. The molecule has 20 heavy (non-hydrogen) atoms. The standard InChI is InChI=1S/C15H19BrN2OS/c1-3-5-6-14(19)17-15-18(9-4-2)12-8-7-11(16)10-13(12)20-15/h7-8,10H,3-6,9H2,1-2H3. The first-order valence-corrected chi connectivity index (χ1v) is 8.63. The van der Waals surface area contributed by atoms with Gasteiger partial charge in [0.1, 0.15) is 0 Å². The van der Waals surface area contributed by atoms with Crippen LogP contribution in [0.4, 0.5) is 0 Å². The maximum Gasteiger partial charge on any atom is 0.248 e. The van der Waals surface area contributed by atoms with Crippen LogP contribution in [0.1, 0.15) is 39.5 Å². The number of hydrogen-bond donors (Lipinski definition) is 0. The van der Waals surface area contributed by atoms with Gasteiger partial charge in [0, 0.05) is 17.4 Å². The summed E-state index contributed by atoms with van der Waals surface area (Å²) in [6, 6.07) is 6.20. The minimum absolute atomic E-state index is 0.0117. The number of aryl methyl sites for hydroxylation is 1. The van der Waals surface area contributed by atoms with Crippen LogP contribution in [0.15, 0.2) is 27.7 Å². The molecule has 0 N–H and O–H groups in total. The second-order valence-electron chi connectivity index (χ2n) is 4.76. The number of unbranched alkanes of at least 4 members (excludes halogenated alkanes) is 1. The van der Waals surface area contributed by atoms with Crippen LogP contribution in [0.5, 0.6) is 0 Å². The van der Waals surface area contributed by atoms with E-state index in [1.807, 2.05) is 6.07 Å². The van der Waals surface area contributed by atoms with Crippen LogP contribution in [-0.4, -0.2) is 10.5 Å². The highest BCUT2D eigenvalue weighted by Gasteiger charge is 2.07. The lowest BCUT2D eigenvalue weighted by atomic mass is 10.2. The number of thiazole rings is 1. The number of benzene rings is 1. The molecule has 2 rings (SSSR count). The molecule has 0 bridgehead atoms. The lowest BCUT2D eigenvalue weighted by Crippen LogP contribution is -2.16. The van der Waals surface area contributed by atoms with Crippen molar-refractivity contribution >= 4 is 43.4 Å². The second-order valence-corrected chi connectivity index (χ2v) is 6.68. The Kier molecular flexibility index (Phi) is 5.54. The maximum absolute atomic E-state index is 11.9. The number of fused-ring (bicyclic) bond motifs is 1. The molecule has 1 amide bonds. The van der Waals surface area contributed by atoms with Gasteiger partial charge in [0.2, 0.25) is 5.91 Å². The number of halogens is 1. The fourth-order valence-electron chi connectivity index (χ4n) is 2.06. The van der Waals surface area contributed by atoms with Gasteiger partial charge in [0.05, 0.1) is 10.2 Å². The van der Waals surface area contributed by atoms with E-state index in [4.69, 9.17) is 0 Å². The molecule has 1 aromatic carbocycles. The summed E-state index contributed by atoms with van der Waals surface area (Å²) in [6.07, 6.45) is 3.50. The summed E-state index contributed by atoms with van der Waals surface area (Å²) in [5.74, 6) is -0.0117. The van der Waals surface area contributed by atoms with Crippen molar-refractivity contribution in [1.29, 1.82) is 0 Å². The van der Waals surface area contributed by atoms with E-state index in [0.29, 0.717) is 6.42 Å². The zero-order valence-electron chi connectivity index (χ0n) is 11.9. The molecule has 5 heteroatoms. The molecule has 108 valence electrons. The van der Waals surface area contributed by atoms with E-state index in [0.717, 1.165) is 45.3 Å². The van der Waals surface area contributed by atoms with Crippen LogP contribution in [0, 0.1) is 0 Å². The van der Waals surface area contributed by atoms with Gasteiger partial charge in [-0.2, -0.15) is 4.99 Å². The van der Waals surface area contributed by atoms with Crippen molar-refractivity contribution < 1.29 is 4.79 Å². The molecular weight excluding hydrogens is 336 g/mol. The van der Waals surface area contributed by atoms with E-state index in [1.165, 1.54) is 0 Å². The normalized spacial score (nSPS) is 12.2. The summed E-state index contributed by atoms with van der Waals surface area (Å²) in [5, 5.41) is 0. The van der Waals surface area contributed by atoms with E-state index < -0.39 is 0 Å². The van der Waals surface area contributed by atoms with E-state index in [2.05, 4.69) is 51.5 Å². The van der Waals surface area contributed by atoms with Gasteiger partial charge < -0.3 is 4.57 Å². The highest BCUT2D eigenvalue weighted by molar-refractivity contribution is 9.10. The van der Waals surface area contributed by atoms with Crippen molar-refractivity contribution in [3.63, 3.8) is 0 Å². The smallest absolute Gasteiger partial charge is 0.248 e. The Hall–Kier alpha value is -0.940. The molecule has 0 aliphatic rings. The minimum Gasteiger partial charge on any atom is -0.316 e. The largest absolute Gasteiger partial charge is 0.316 e. The van der Waals surface area contributed by atoms with Crippen LogP contribution >= 0.6 is 27.3 Å². The third-order valence-corrected chi connectivity index (χ3v) is 4.59. The van der Waals surface area contributed by atoms with Gasteiger partial charge in [0.25, 0.3) is 0 Å². The Bertz CT molecular complexity index is 672. The van der Waals surface area contributed by atoms with Gasteiger partial charge in [-0.1, -0.05) is 47.5 Å². The predicted octanol–water partition coefficient (Wildman–Crippen LogP) is 4.49. The number of amides is 1. The molecule has 0 spiro atoms. The van der Waals surface area contributed by atoms with Crippen molar-refractivity contribution in [1.82, 2.24) is 4.57 Å². The molecule has 0 radical (unpaired) electrons. The zero-order chi connectivity index (χ0) is 14.5. The van der Waals surface area contributed by atoms with Gasteiger partial charge in [0.15, 0.2) is 4.80 Å². The first-order chi connectivity index (χ1) is 9.65. The number of aromatic nitrogens is 1. The Balaban J connectivity index is 2.48. The lowest BCUT2D eigenvalue weighted by molar-refractivity contribution is -0.118. The van der Waals surface area contributed by atoms with Crippen LogP contribution in [0.3, 0.4) is 0 Å². The monoisotopic (exact) mass is 354 g/mol. The van der Waals surface area contributed by atoms with Crippen LogP contribution in [0.25, 0.3) is 10.2 Å². The Morgan fingerprint density at radius 1 is 1.35 bits per heavy atom. The second kappa shape index (κ2) is 7.18. The van der Waals surface area contributed by atoms with Gasteiger partial charge in [-0.05, 0) is 31.0 Å². The summed E-state index contributed by atoms with van der Waals surface area (Å²) in [7, 11) is 0. The van der Waals surface area contributed by atoms with E-state index in [9.17, 15) is 4.79 Å². The zero-order valence-corrected chi connectivity index (χ0v) is 14.3. The lowest BCUT2D eigenvalue weighted by Gasteiger charge is -2.02. The van der Waals surface area contributed by atoms with Crippen molar-refractivity contribution in [3.8, 4) is 0 Å². The SMILES string of the molecule is CCCCC(=O)N=c1sc2cc(Br)ccc2n1CCC. The Morgan fingerprint density at radius 3 is 2.85 bits per heavy atom. The van der Waals surface area contributed by atoms with Gasteiger partial charge in [-0.25, -0.2) is 0 Å². The maximum atomic E-state index is 11.9. The molecule has 0 atom stereocenters. The van der Waals surface area contributed by atoms with Crippen LogP contribution in [0.2, 0.25) is 0 Å². The summed E-state index contributed by atoms with van der Waals surface area (Å²) >= 11 is 5.08. The highest BCUT2D eigenvalue weighted by Crippen LogP contribution is 2.22. The molecule has 0 fully saturated rings. The van der Waals surface area contributed by atoms with Gasteiger partial charge >= 0.3 is 0 Å². The topological polar surface area (TPSA) is 34.4 Å². The fourth-order valence-corrected chi connectivity index (χ4v) is 3.69. The van der Waals surface area contributed by atoms with Crippen LogP contribution < -0.4 is 4.80 Å². The van der Waals surface area contributed by atoms with Crippen molar-refractivity contribution in [2.24, 2.45) is 4.99 Å². The molecule has 0 aliphatic carbocycles. The van der Waals surface area contributed by atoms with Crippen molar-refractivity contribution in [2.75, 3.05) is 0 Å². The predicted molar refractivity (Wildman–Crippen MR) is 87.9 cm³/mol. The summed E-state index contributed by atoms with van der Waals surface area (Å²) in [4.78, 5) is 17.0. The first-order valence-electron chi connectivity index (χ1n) is 7.02. The Labute approximate surface area is 131 Å². The summed E-state index contributed by atoms with van der Waals surface area (Å²) < 4.78 is 4.37. The molecule has 2 aromatic rings. The van der Waals surface area contributed by atoms with Gasteiger partial charge in [-0.15, -0.1) is 0 Å². The first kappa shape index (κ1) is 15.4. The fraction of sp³-hybridized carbons (Fsp3) is 0.467. The highest BCUT2D eigenvalue weighted by atomic mass is 79.9. The van der Waals surface area contributed by atoms with Crippen molar-refractivity contribution in [3.05, 3.63) is 27.5 Å². The molecule has 0 saturated heterocycles. The quantitative estimate of drug-likeness (QED) is 0.778. The van der Waals surface area contributed by atoms with E-state index >= 15 is 0 Å². The molecule has 1 heterocycles. The Morgan fingerprint density at radius 2 is 2.15 bits per heavy atom. The third-order valence-electron chi connectivity index (χ3n) is 3.06. The minimum atomic E-state index is -0.0117. The molecule has 0 saturated carbocycles. The third kappa shape index (κ3) is 3.58. The average molecular weight is 355 g/mol. The van der Waals surface area contributed by atoms with Gasteiger partial charge in [-0.3, -0.25) is 4.79 Å². The number of hydrogen-bond acceptors (Lipinski definition) is 2. The van der Waals surface area contributed by atoms with E-state index in [-0.39, 0.29) is 5.91 Å². The average Bonchev–Trinajstić information content (AvgIpc) is 2.74. The summed E-state index contributed by atoms with van der Waals surface area (Å²) in [6.45, 7) is 5.11. The number of carbonyl (C=O) groups excluding carboxylic acids is 1. The molecular formula is C15H19BrN2OS. The number of rotatable bonds is 5. The van der Waals surface area contributed by atoms with E-state index in [1.54, 1.807) is 11.3 Å². The number of carbonyl (C=O) groups is 1. The summed E-state index contributed by atoms with van der Waals surface area (Å²) in [5.41, 5.74) is 1.15. The molecule has 0 aliphatic heterocycles. The van der Waals surface area contributed by atoms with Crippen molar-refractivity contribution in [2.45, 2.75) is 46.1 Å². The molecule has 3 nitrogen and oxygen atoms in total. The van der Waals surface area contributed by atoms with Crippen LogP contribution in [-0.2, 0) is 11.3 Å².